The van der Waals surface area contributed by atoms with Gasteiger partial charge >= 0.3 is 0 Å². The molecule has 1 saturated carbocycles. The van der Waals surface area contributed by atoms with Crippen LogP contribution in [0.3, 0.4) is 0 Å². The van der Waals surface area contributed by atoms with E-state index in [1.807, 2.05) is 0 Å². The molecule has 0 radical (unpaired) electrons. The summed E-state index contributed by atoms with van der Waals surface area (Å²) in [5, 5.41) is 0. The maximum Gasteiger partial charge on any atom is 0.125 e. The Bertz CT molecular complexity index is 412. The van der Waals surface area contributed by atoms with E-state index < -0.39 is 0 Å². The lowest BCUT2D eigenvalue weighted by Gasteiger charge is -2.17. The Morgan fingerprint density at radius 2 is 1.80 bits per heavy atom. The molecule has 20 heavy (non-hydrogen) atoms. The van der Waals surface area contributed by atoms with Gasteiger partial charge in [-0.25, -0.2) is 0 Å². The van der Waals surface area contributed by atoms with Crippen LogP contribution in [0.15, 0.2) is 12.1 Å². The quantitative estimate of drug-likeness (QED) is 0.846. The zero-order chi connectivity index (χ0) is 14.5. The van der Waals surface area contributed by atoms with Crippen LogP contribution in [0.25, 0.3) is 0 Å². The molecule has 112 valence electrons. The van der Waals surface area contributed by atoms with Crippen molar-refractivity contribution in [2.24, 2.45) is 11.7 Å². The average Bonchev–Trinajstić information content (AvgIpc) is 2.90. The Morgan fingerprint density at radius 3 is 2.35 bits per heavy atom. The predicted molar refractivity (Wildman–Crippen MR) is 85.3 cm³/mol. The maximum atomic E-state index is 6.11. The van der Waals surface area contributed by atoms with Crippen LogP contribution in [0.2, 0.25) is 0 Å². The minimum absolute atomic E-state index is 0.263. The summed E-state index contributed by atoms with van der Waals surface area (Å²) in [5.74, 6) is 1.85. The molecule has 0 aromatic heterocycles. The summed E-state index contributed by atoms with van der Waals surface area (Å²) < 4.78 is 6.11. The fourth-order valence-electron chi connectivity index (χ4n) is 3.21. The van der Waals surface area contributed by atoms with E-state index in [2.05, 4.69) is 32.9 Å². The normalized spacial score (nSPS) is 17.4. The van der Waals surface area contributed by atoms with E-state index in [4.69, 9.17) is 10.5 Å². The van der Waals surface area contributed by atoms with Gasteiger partial charge in [-0.3, -0.25) is 0 Å². The summed E-state index contributed by atoms with van der Waals surface area (Å²) in [6, 6.07) is 4.75. The number of nitrogens with two attached hydrogens (primary N) is 1. The van der Waals surface area contributed by atoms with Gasteiger partial charge in [0.1, 0.15) is 5.75 Å². The number of aryl methyl sites for hydroxylation is 2. The Labute approximate surface area is 123 Å². The molecule has 2 N–H and O–H groups in total. The second-order valence-electron chi connectivity index (χ2n) is 6.39. The molecule has 0 saturated heterocycles. The van der Waals surface area contributed by atoms with Gasteiger partial charge in [0.05, 0.1) is 6.61 Å². The van der Waals surface area contributed by atoms with Gasteiger partial charge in [-0.2, -0.15) is 0 Å². The van der Waals surface area contributed by atoms with Crippen LogP contribution in [-0.2, 0) is 6.42 Å². The highest BCUT2D eigenvalue weighted by Crippen LogP contribution is 2.29. The summed E-state index contributed by atoms with van der Waals surface area (Å²) in [6.07, 6.45) is 7.40. The van der Waals surface area contributed by atoms with Crippen LogP contribution in [0.5, 0.6) is 5.75 Å². The van der Waals surface area contributed by atoms with E-state index in [-0.39, 0.29) is 6.04 Å². The summed E-state index contributed by atoms with van der Waals surface area (Å²) >= 11 is 0. The van der Waals surface area contributed by atoms with Crippen molar-refractivity contribution in [3.63, 3.8) is 0 Å². The number of hydrogen-bond donors (Lipinski definition) is 1. The van der Waals surface area contributed by atoms with Gasteiger partial charge in [0, 0.05) is 6.04 Å². The highest BCUT2D eigenvalue weighted by Gasteiger charge is 2.17. The maximum absolute atomic E-state index is 6.11. The van der Waals surface area contributed by atoms with Gasteiger partial charge < -0.3 is 10.5 Å². The second-order valence-corrected chi connectivity index (χ2v) is 6.39. The van der Waals surface area contributed by atoms with Crippen molar-refractivity contribution in [3.05, 3.63) is 28.8 Å². The van der Waals surface area contributed by atoms with E-state index in [1.165, 1.54) is 42.4 Å². The first-order valence-electron chi connectivity index (χ1n) is 8.08. The van der Waals surface area contributed by atoms with Crippen molar-refractivity contribution in [1.29, 1.82) is 0 Å². The molecule has 0 heterocycles. The minimum atomic E-state index is 0.263. The molecule has 1 aromatic rings. The van der Waals surface area contributed by atoms with Gasteiger partial charge in [0.2, 0.25) is 0 Å². The Morgan fingerprint density at radius 1 is 1.20 bits per heavy atom. The first-order chi connectivity index (χ1) is 9.60. The molecule has 0 spiro atoms. The zero-order valence-electron chi connectivity index (χ0n) is 13.2. The van der Waals surface area contributed by atoms with Crippen LogP contribution in [0.1, 0.15) is 55.7 Å². The van der Waals surface area contributed by atoms with Crippen LogP contribution >= 0.6 is 0 Å². The van der Waals surface area contributed by atoms with Gasteiger partial charge in [0.15, 0.2) is 0 Å². The zero-order valence-corrected chi connectivity index (χ0v) is 13.2. The molecule has 1 aliphatic carbocycles. The summed E-state index contributed by atoms with van der Waals surface area (Å²) in [5.41, 5.74) is 9.89. The topological polar surface area (TPSA) is 35.2 Å². The lowest BCUT2D eigenvalue weighted by Crippen LogP contribution is -2.21. The number of rotatable bonds is 6. The van der Waals surface area contributed by atoms with Gasteiger partial charge in [0.25, 0.3) is 0 Å². The largest absolute Gasteiger partial charge is 0.493 e. The molecule has 2 heteroatoms. The van der Waals surface area contributed by atoms with Crippen LogP contribution in [0.4, 0.5) is 0 Å². The second kappa shape index (κ2) is 7.12. The molecule has 1 aromatic carbocycles. The SMILES string of the molecule is CCC(N)Cc1cc(C)c(OCC2CCCC2)c(C)c1. The van der Waals surface area contributed by atoms with Gasteiger partial charge in [-0.15, -0.1) is 0 Å². The molecule has 1 atom stereocenters. The summed E-state index contributed by atoms with van der Waals surface area (Å²) in [4.78, 5) is 0. The molecule has 2 rings (SSSR count). The van der Waals surface area contributed by atoms with Crippen molar-refractivity contribution in [1.82, 2.24) is 0 Å². The smallest absolute Gasteiger partial charge is 0.125 e. The lowest BCUT2D eigenvalue weighted by atomic mass is 9.99. The molecule has 1 unspecified atom stereocenters. The third-order valence-corrected chi connectivity index (χ3v) is 4.48. The summed E-state index contributed by atoms with van der Waals surface area (Å²) in [7, 11) is 0. The highest BCUT2D eigenvalue weighted by atomic mass is 16.5. The number of ether oxygens (including phenoxy) is 1. The Balaban J connectivity index is 2.01. The average molecular weight is 275 g/mol. The molecule has 0 bridgehead atoms. The number of benzene rings is 1. The molecule has 0 amide bonds. The molecule has 0 aliphatic heterocycles. The van der Waals surface area contributed by atoms with E-state index in [1.54, 1.807) is 0 Å². The van der Waals surface area contributed by atoms with Crippen molar-refractivity contribution in [2.75, 3.05) is 6.61 Å². The van der Waals surface area contributed by atoms with Gasteiger partial charge in [-0.05, 0) is 62.1 Å². The first kappa shape index (κ1) is 15.4. The van der Waals surface area contributed by atoms with Crippen LogP contribution < -0.4 is 10.5 Å². The third-order valence-electron chi connectivity index (χ3n) is 4.48. The van der Waals surface area contributed by atoms with E-state index in [0.717, 1.165) is 31.1 Å². The van der Waals surface area contributed by atoms with Crippen LogP contribution in [0, 0.1) is 19.8 Å². The van der Waals surface area contributed by atoms with E-state index in [9.17, 15) is 0 Å². The fraction of sp³-hybridized carbons (Fsp3) is 0.667. The predicted octanol–water partition coefficient (Wildman–Crippen LogP) is 4.15. The minimum Gasteiger partial charge on any atom is -0.493 e. The number of hydrogen-bond acceptors (Lipinski definition) is 2. The van der Waals surface area contributed by atoms with Crippen molar-refractivity contribution >= 4 is 0 Å². The third kappa shape index (κ3) is 3.99. The van der Waals surface area contributed by atoms with Crippen molar-refractivity contribution in [2.45, 2.75) is 65.3 Å². The van der Waals surface area contributed by atoms with Crippen molar-refractivity contribution < 1.29 is 4.74 Å². The molecule has 1 fully saturated rings. The Kier molecular flexibility index (Phi) is 5.47. The first-order valence-corrected chi connectivity index (χ1v) is 8.08. The Hall–Kier alpha value is -1.02. The van der Waals surface area contributed by atoms with Gasteiger partial charge in [-0.1, -0.05) is 31.9 Å². The summed E-state index contributed by atoms with van der Waals surface area (Å²) in [6.45, 7) is 7.33. The molecular weight excluding hydrogens is 246 g/mol. The highest BCUT2D eigenvalue weighted by molar-refractivity contribution is 5.43. The lowest BCUT2D eigenvalue weighted by molar-refractivity contribution is 0.249. The standard InChI is InChI=1S/C18H29NO/c1-4-17(19)11-16-9-13(2)18(14(3)10-16)20-12-15-7-5-6-8-15/h9-10,15,17H,4-8,11-12,19H2,1-3H3. The fourth-order valence-corrected chi connectivity index (χ4v) is 3.21. The van der Waals surface area contributed by atoms with Crippen molar-refractivity contribution in [3.8, 4) is 5.75 Å². The molecular formula is C18H29NO. The monoisotopic (exact) mass is 275 g/mol. The van der Waals surface area contributed by atoms with E-state index >= 15 is 0 Å². The molecule has 1 aliphatic rings. The van der Waals surface area contributed by atoms with E-state index in [0.29, 0.717) is 0 Å². The van der Waals surface area contributed by atoms with Crippen LogP contribution in [-0.4, -0.2) is 12.6 Å². The molecule has 2 nitrogen and oxygen atoms in total.